The van der Waals surface area contributed by atoms with Crippen LogP contribution in [0.5, 0.6) is 0 Å². The first-order valence-corrected chi connectivity index (χ1v) is 2.98. The van der Waals surface area contributed by atoms with Crippen molar-refractivity contribution in [1.29, 1.82) is 0 Å². The number of rotatable bonds is 1. The number of hydrogen-bond acceptors (Lipinski definition) is 1. The molecule has 0 N–H and O–H groups in total. The molecule has 0 aromatic carbocycles. The van der Waals surface area contributed by atoms with Crippen LogP contribution in [0.15, 0.2) is 0 Å². The first-order chi connectivity index (χ1) is 3.75. The van der Waals surface area contributed by atoms with E-state index in [2.05, 4.69) is 13.8 Å². The quantitative estimate of drug-likeness (QED) is 0.456. The van der Waals surface area contributed by atoms with E-state index in [1.54, 1.807) is 0 Å². The molecule has 0 saturated carbocycles. The van der Waals surface area contributed by atoms with Crippen LogP contribution in [0, 0.1) is 0 Å². The third-order valence-corrected chi connectivity index (χ3v) is 1.82. The van der Waals surface area contributed by atoms with Crippen molar-refractivity contribution in [1.82, 2.24) is 4.90 Å². The fraction of sp³-hybridized carbons (Fsp3) is 0.833. The molecule has 1 rings (SSSR count). The Morgan fingerprint density at radius 1 is 1.50 bits per heavy atom. The molecule has 1 saturated heterocycles. The van der Waals surface area contributed by atoms with Crippen LogP contribution in [-0.2, 0) is 4.79 Å². The van der Waals surface area contributed by atoms with Crippen molar-refractivity contribution in [2.24, 2.45) is 0 Å². The summed E-state index contributed by atoms with van der Waals surface area (Å²) in [6.45, 7) is 4.13. The molecule has 0 spiro atoms. The van der Waals surface area contributed by atoms with E-state index in [4.69, 9.17) is 0 Å². The van der Waals surface area contributed by atoms with Gasteiger partial charge in [-0.15, -0.1) is 0 Å². The molecule has 2 heteroatoms. The van der Waals surface area contributed by atoms with Crippen molar-refractivity contribution in [3.05, 3.63) is 0 Å². The molecule has 0 radical (unpaired) electrons. The van der Waals surface area contributed by atoms with Gasteiger partial charge in [-0.05, 0) is 20.3 Å². The number of hydrogen-bond donors (Lipinski definition) is 0. The van der Waals surface area contributed by atoms with Crippen LogP contribution in [0.4, 0.5) is 0 Å². The summed E-state index contributed by atoms with van der Waals surface area (Å²) in [6.07, 6.45) is 2.09. The van der Waals surface area contributed by atoms with E-state index in [1.165, 1.54) is 6.42 Å². The van der Waals surface area contributed by atoms with E-state index in [0.29, 0.717) is 12.1 Å². The van der Waals surface area contributed by atoms with Gasteiger partial charge in [0.1, 0.15) is 0 Å². The van der Waals surface area contributed by atoms with Crippen LogP contribution in [-0.4, -0.2) is 23.4 Å². The van der Waals surface area contributed by atoms with E-state index < -0.39 is 0 Å². The summed E-state index contributed by atoms with van der Waals surface area (Å²) in [7, 11) is 0. The molecule has 46 valence electrons. The highest BCUT2D eigenvalue weighted by Gasteiger charge is 2.29. The topological polar surface area (TPSA) is 20.3 Å². The van der Waals surface area contributed by atoms with Crippen LogP contribution < -0.4 is 0 Å². The maximum Gasteiger partial charge on any atom is 0.210 e. The lowest BCUT2D eigenvalue weighted by Crippen LogP contribution is -2.51. The van der Waals surface area contributed by atoms with E-state index >= 15 is 0 Å². The lowest BCUT2D eigenvalue weighted by Gasteiger charge is -2.42. The van der Waals surface area contributed by atoms with Crippen LogP contribution in [0.25, 0.3) is 0 Å². The Morgan fingerprint density at radius 3 is 2.12 bits per heavy atom. The molecule has 0 aromatic heterocycles. The standard InChI is InChI=1S/C6H11NO/c1-5-3-6(2)7(5)4-8/h4-6H,3H2,1-2H3. The summed E-state index contributed by atoms with van der Waals surface area (Å²) in [5, 5.41) is 0. The van der Waals surface area contributed by atoms with Crippen molar-refractivity contribution in [2.75, 3.05) is 0 Å². The fourth-order valence-electron chi connectivity index (χ4n) is 1.24. The number of likely N-dealkylation sites (tertiary alicyclic amines) is 1. The van der Waals surface area contributed by atoms with Crippen molar-refractivity contribution in [2.45, 2.75) is 32.4 Å². The van der Waals surface area contributed by atoms with Crippen LogP contribution in [0.2, 0.25) is 0 Å². The molecule has 1 aliphatic rings. The summed E-state index contributed by atoms with van der Waals surface area (Å²) < 4.78 is 0. The van der Waals surface area contributed by atoms with Crippen molar-refractivity contribution < 1.29 is 4.79 Å². The minimum absolute atomic E-state index is 0.488. The zero-order valence-corrected chi connectivity index (χ0v) is 5.29. The number of amides is 1. The third kappa shape index (κ3) is 0.602. The van der Waals surface area contributed by atoms with Crippen molar-refractivity contribution >= 4 is 6.41 Å². The molecular weight excluding hydrogens is 102 g/mol. The average Bonchev–Trinajstić information content (AvgIpc) is 1.67. The van der Waals surface area contributed by atoms with Crippen LogP contribution in [0.1, 0.15) is 20.3 Å². The molecular formula is C6H11NO. The Balaban J connectivity index is 2.39. The maximum atomic E-state index is 10.1. The zero-order valence-electron chi connectivity index (χ0n) is 5.29. The van der Waals surface area contributed by atoms with Crippen LogP contribution in [0.3, 0.4) is 0 Å². The van der Waals surface area contributed by atoms with Crippen molar-refractivity contribution in [3.8, 4) is 0 Å². The molecule has 8 heavy (non-hydrogen) atoms. The second kappa shape index (κ2) is 1.77. The Labute approximate surface area is 49.5 Å². The minimum Gasteiger partial charge on any atom is -0.340 e. The van der Waals surface area contributed by atoms with Gasteiger partial charge in [-0.2, -0.15) is 0 Å². The van der Waals surface area contributed by atoms with Gasteiger partial charge in [0.25, 0.3) is 0 Å². The summed E-state index contributed by atoms with van der Waals surface area (Å²) >= 11 is 0. The normalized spacial score (nSPS) is 36.5. The molecule has 1 fully saturated rings. The monoisotopic (exact) mass is 113 g/mol. The summed E-state index contributed by atoms with van der Waals surface area (Å²) in [5.74, 6) is 0. The first kappa shape index (κ1) is 5.60. The van der Waals surface area contributed by atoms with Gasteiger partial charge in [-0.1, -0.05) is 0 Å². The highest BCUT2D eigenvalue weighted by molar-refractivity contribution is 5.50. The lowest BCUT2D eigenvalue weighted by molar-refractivity contribution is -0.128. The number of nitrogens with zero attached hydrogens (tertiary/aromatic N) is 1. The predicted molar refractivity (Wildman–Crippen MR) is 31.4 cm³/mol. The lowest BCUT2D eigenvalue weighted by atomic mass is 9.97. The van der Waals surface area contributed by atoms with Gasteiger partial charge in [-0.3, -0.25) is 4.79 Å². The van der Waals surface area contributed by atoms with E-state index in [9.17, 15) is 4.79 Å². The number of carbonyl (C=O) groups is 1. The maximum absolute atomic E-state index is 10.1. The van der Waals surface area contributed by atoms with E-state index in [1.807, 2.05) is 4.90 Å². The molecule has 1 amide bonds. The predicted octanol–water partition coefficient (Wildman–Crippen LogP) is 0.625. The highest BCUT2D eigenvalue weighted by Crippen LogP contribution is 2.21. The molecule has 2 unspecified atom stereocenters. The Bertz CT molecular complexity index is 94.7. The highest BCUT2D eigenvalue weighted by atomic mass is 16.1. The SMILES string of the molecule is CC1CC(C)N1C=O. The molecule has 2 atom stereocenters. The molecule has 2 nitrogen and oxygen atoms in total. The van der Waals surface area contributed by atoms with E-state index in [0.717, 1.165) is 6.41 Å². The minimum atomic E-state index is 0.488. The van der Waals surface area contributed by atoms with Gasteiger partial charge in [-0.25, -0.2) is 0 Å². The van der Waals surface area contributed by atoms with Gasteiger partial charge in [0.15, 0.2) is 0 Å². The van der Waals surface area contributed by atoms with Gasteiger partial charge < -0.3 is 4.90 Å². The fourth-order valence-corrected chi connectivity index (χ4v) is 1.24. The molecule has 0 aromatic rings. The Kier molecular flexibility index (Phi) is 1.24. The van der Waals surface area contributed by atoms with Gasteiger partial charge in [0.05, 0.1) is 0 Å². The number of carbonyl (C=O) groups excluding carboxylic acids is 1. The largest absolute Gasteiger partial charge is 0.340 e. The van der Waals surface area contributed by atoms with Gasteiger partial charge in [0, 0.05) is 12.1 Å². The van der Waals surface area contributed by atoms with Gasteiger partial charge >= 0.3 is 0 Å². The van der Waals surface area contributed by atoms with Gasteiger partial charge in [0.2, 0.25) is 6.41 Å². The molecule has 1 aliphatic heterocycles. The third-order valence-electron chi connectivity index (χ3n) is 1.82. The average molecular weight is 113 g/mol. The summed E-state index contributed by atoms with van der Waals surface area (Å²) in [5.41, 5.74) is 0. The first-order valence-electron chi connectivity index (χ1n) is 2.98. The molecule has 1 heterocycles. The molecule has 0 bridgehead atoms. The Morgan fingerprint density at radius 2 is 2.00 bits per heavy atom. The van der Waals surface area contributed by atoms with Crippen molar-refractivity contribution in [3.63, 3.8) is 0 Å². The second-order valence-electron chi connectivity index (χ2n) is 2.49. The smallest absolute Gasteiger partial charge is 0.210 e. The molecule has 0 aliphatic carbocycles. The Hall–Kier alpha value is -0.530. The summed E-state index contributed by atoms with van der Waals surface area (Å²) in [4.78, 5) is 12.0. The second-order valence-corrected chi connectivity index (χ2v) is 2.49. The summed E-state index contributed by atoms with van der Waals surface area (Å²) in [6, 6.07) is 0.977. The van der Waals surface area contributed by atoms with Crippen LogP contribution >= 0.6 is 0 Å². The zero-order chi connectivity index (χ0) is 6.15. The van der Waals surface area contributed by atoms with E-state index in [-0.39, 0.29) is 0 Å².